The van der Waals surface area contributed by atoms with Crippen LogP contribution in [0, 0.1) is 17.0 Å². The number of phenolic OH excluding ortho intramolecular Hbond substituents is 1. The second-order valence-corrected chi connectivity index (χ2v) is 9.17. The van der Waals surface area contributed by atoms with Crippen molar-refractivity contribution in [1.29, 1.82) is 5.41 Å². The number of carboxylic acid groups (broad SMARTS) is 1. The number of carbonyl (C=O) groups excluding carboxylic acids is 1. The van der Waals surface area contributed by atoms with Crippen molar-refractivity contribution < 1.29 is 42.8 Å². The number of carboxylic acids is 1. The highest BCUT2D eigenvalue weighted by atomic mass is 35.5. The van der Waals surface area contributed by atoms with Gasteiger partial charge in [0.15, 0.2) is 11.5 Å². The van der Waals surface area contributed by atoms with Crippen LogP contribution in [-0.4, -0.2) is 51.9 Å². The van der Waals surface area contributed by atoms with Crippen LogP contribution in [0.1, 0.15) is 26.3 Å². The molecule has 0 saturated heterocycles. The molecule has 0 fully saturated rings. The van der Waals surface area contributed by atoms with E-state index in [1.807, 2.05) is 0 Å². The van der Waals surface area contributed by atoms with Crippen molar-refractivity contribution in [3.8, 4) is 40.5 Å². The second-order valence-electron chi connectivity index (χ2n) is 8.76. The van der Waals surface area contributed by atoms with E-state index in [-0.39, 0.29) is 50.7 Å². The standard InChI is InChI=1S/C28H21ClF2N4O7/c1-35(2)27(37)14-4-3-5-16(10-14)40-25-21(30)23(41-19-9-7-15(28(38)39)11-17(19)29)22(31)26(34-25)42-20-12-13(24(32)33)6-8-18(20)36/h3-12,36H,1-2H3,(H3,32,33)(H,38,39). The summed E-state index contributed by atoms with van der Waals surface area (Å²) in [4.78, 5) is 28.7. The van der Waals surface area contributed by atoms with Crippen LogP contribution in [-0.2, 0) is 0 Å². The van der Waals surface area contributed by atoms with Crippen molar-refractivity contribution >= 4 is 29.3 Å². The van der Waals surface area contributed by atoms with Crippen molar-refractivity contribution in [3.63, 3.8) is 0 Å². The molecule has 1 amide bonds. The Kier molecular flexibility index (Phi) is 8.43. The Labute approximate surface area is 241 Å². The van der Waals surface area contributed by atoms with E-state index in [1.54, 1.807) is 0 Å². The molecule has 1 heterocycles. The summed E-state index contributed by atoms with van der Waals surface area (Å²) in [6.45, 7) is 0. The smallest absolute Gasteiger partial charge is 0.335 e. The molecule has 216 valence electrons. The van der Waals surface area contributed by atoms with Gasteiger partial charge in [-0.05, 0) is 54.6 Å². The zero-order valence-electron chi connectivity index (χ0n) is 21.8. The zero-order chi connectivity index (χ0) is 30.7. The quantitative estimate of drug-likeness (QED) is 0.138. The highest BCUT2D eigenvalue weighted by molar-refractivity contribution is 6.32. The van der Waals surface area contributed by atoms with Gasteiger partial charge < -0.3 is 35.1 Å². The summed E-state index contributed by atoms with van der Waals surface area (Å²) < 4.78 is 47.7. The second kappa shape index (κ2) is 12.0. The average Bonchev–Trinajstić information content (AvgIpc) is 2.94. The lowest BCUT2D eigenvalue weighted by atomic mass is 10.2. The van der Waals surface area contributed by atoms with Crippen molar-refractivity contribution in [3.05, 3.63) is 94.0 Å². The maximum absolute atomic E-state index is 15.7. The van der Waals surface area contributed by atoms with Crippen molar-refractivity contribution in [2.45, 2.75) is 0 Å². The molecule has 42 heavy (non-hydrogen) atoms. The summed E-state index contributed by atoms with van der Waals surface area (Å²) in [6.07, 6.45) is 0. The molecule has 0 aliphatic carbocycles. The number of rotatable bonds is 9. The van der Waals surface area contributed by atoms with Crippen LogP contribution in [0.15, 0.2) is 60.7 Å². The van der Waals surface area contributed by atoms with E-state index in [1.165, 1.54) is 49.3 Å². The fraction of sp³-hybridized carbons (Fsp3) is 0.0714. The minimum atomic E-state index is -1.48. The number of nitrogens with one attached hydrogen (secondary N) is 1. The van der Waals surface area contributed by atoms with Gasteiger partial charge in [-0.15, -0.1) is 0 Å². The number of phenols is 1. The number of benzene rings is 3. The SMILES string of the molecule is CN(C)C(=O)c1cccc(Oc2nc(Oc3cc(C(=N)N)ccc3O)c(F)c(Oc3ccc(C(=O)O)cc3Cl)c2F)c1. The number of nitrogens with two attached hydrogens (primary N) is 1. The molecule has 5 N–H and O–H groups in total. The number of aromatic hydroxyl groups is 1. The number of nitrogen functional groups attached to an aromatic ring is 1. The highest BCUT2D eigenvalue weighted by Gasteiger charge is 2.27. The number of ether oxygens (including phenoxy) is 3. The molecule has 4 aromatic rings. The van der Waals surface area contributed by atoms with Crippen LogP contribution in [0.25, 0.3) is 0 Å². The first-order chi connectivity index (χ1) is 19.8. The van der Waals surface area contributed by atoms with Crippen LogP contribution in [0.3, 0.4) is 0 Å². The summed E-state index contributed by atoms with van der Waals surface area (Å²) in [7, 11) is 3.07. The molecule has 0 aliphatic rings. The van der Waals surface area contributed by atoms with Crippen LogP contribution in [0.2, 0.25) is 5.02 Å². The molecule has 0 bridgehead atoms. The largest absolute Gasteiger partial charge is 0.504 e. The molecule has 0 atom stereocenters. The number of carbonyl (C=O) groups is 2. The topological polar surface area (TPSA) is 168 Å². The van der Waals surface area contributed by atoms with Gasteiger partial charge in [0.05, 0.1) is 10.6 Å². The summed E-state index contributed by atoms with van der Waals surface area (Å²) in [6, 6.07) is 12.5. The van der Waals surface area contributed by atoms with Crippen molar-refractivity contribution in [2.24, 2.45) is 5.73 Å². The average molecular weight is 599 g/mol. The van der Waals surface area contributed by atoms with Gasteiger partial charge in [0.2, 0.25) is 17.4 Å². The Morgan fingerprint density at radius 1 is 0.905 bits per heavy atom. The first kappa shape index (κ1) is 29.6. The number of aromatic carboxylic acids is 1. The van der Waals surface area contributed by atoms with Crippen molar-refractivity contribution in [2.75, 3.05) is 14.1 Å². The first-order valence-electron chi connectivity index (χ1n) is 11.8. The molecule has 0 radical (unpaired) electrons. The van der Waals surface area contributed by atoms with E-state index in [0.717, 1.165) is 30.3 Å². The van der Waals surface area contributed by atoms with Crippen LogP contribution in [0.4, 0.5) is 8.78 Å². The summed E-state index contributed by atoms with van der Waals surface area (Å²) >= 11 is 6.10. The Morgan fingerprint density at radius 2 is 1.57 bits per heavy atom. The number of hydrogen-bond acceptors (Lipinski definition) is 8. The van der Waals surface area contributed by atoms with Gasteiger partial charge in [-0.2, -0.15) is 13.8 Å². The number of halogens is 3. The maximum Gasteiger partial charge on any atom is 0.335 e. The van der Waals surface area contributed by atoms with Gasteiger partial charge in [-0.3, -0.25) is 10.2 Å². The van der Waals surface area contributed by atoms with Crippen LogP contribution >= 0.6 is 11.6 Å². The van der Waals surface area contributed by atoms with Gasteiger partial charge in [-0.25, -0.2) is 4.79 Å². The fourth-order valence-electron chi connectivity index (χ4n) is 3.46. The molecule has 0 aliphatic heterocycles. The maximum atomic E-state index is 15.7. The van der Waals surface area contributed by atoms with E-state index in [9.17, 15) is 14.7 Å². The molecule has 0 saturated carbocycles. The third-order valence-electron chi connectivity index (χ3n) is 5.55. The molecule has 0 spiro atoms. The Balaban J connectivity index is 1.83. The van der Waals surface area contributed by atoms with Crippen molar-refractivity contribution in [1.82, 2.24) is 9.88 Å². The summed E-state index contributed by atoms with van der Waals surface area (Å²) in [5.74, 6) is -9.09. The minimum absolute atomic E-state index is 0.0529. The molecular weight excluding hydrogens is 578 g/mol. The van der Waals surface area contributed by atoms with E-state index in [4.69, 9.17) is 42.1 Å². The highest BCUT2D eigenvalue weighted by Crippen LogP contribution is 2.42. The molecule has 4 rings (SSSR count). The number of nitrogens with zero attached hydrogens (tertiary/aromatic N) is 2. The Bertz CT molecular complexity index is 1730. The van der Waals surface area contributed by atoms with E-state index < -0.39 is 40.9 Å². The predicted molar refractivity (Wildman–Crippen MR) is 146 cm³/mol. The third kappa shape index (κ3) is 6.31. The number of amides is 1. The summed E-state index contributed by atoms with van der Waals surface area (Å²) in [5.41, 5.74) is 5.59. The van der Waals surface area contributed by atoms with E-state index in [0.29, 0.717) is 0 Å². The zero-order valence-corrected chi connectivity index (χ0v) is 22.6. The lowest BCUT2D eigenvalue weighted by Gasteiger charge is -2.16. The van der Waals surface area contributed by atoms with Gasteiger partial charge in [0.25, 0.3) is 17.7 Å². The van der Waals surface area contributed by atoms with Gasteiger partial charge >= 0.3 is 5.97 Å². The Morgan fingerprint density at radius 3 is 2.19 bits per heavy atom. The molecule has 11 nitrogen and oxygen atoms in total. The fourth-order valence-corrected chi connectivity index (χ4v) is 3.68. The molecule has 14 heteroatoms. The molecule has 0 unspecified atom stereocenters. The number of amidine groups is 1. The lowest BCUT2D eigenvalue weighted by molar-refractivity contribution is 0.0696. The number of aromatic nitrogens is 1. The lowest BCUT2D eigenvalue weighted by Crippen LogP contribution is -2.21. The monoisotopic (exact) mass is 598 g/mol. The van der Waals surface area contributed by atoms with Crippen LogP contribution in [0.5, 0.6) is 40.5 Å². The van der Waals surface area contributed by atoms with Crippen LogP contribution < -0.4 is 19.9 Å². The van der Waals surface area contributed by atoms with Gasteiger partial charge in [0.1, 0.15) is 17.3 Å². The third-order valence-corrected chi connectivity index (χ3v) is 5.84. The Hall–Kier alpha value is -5.43. The number of pyridine rings is 1. The predicted octanol–water partition coefficient (Wildman–Crippen LogP) is 5.78. The molecule has 3 aromatic carbocycles. The van der Waals surface area contributed by atoms with E-state index >= 15 is 8.78 Å². The first-order valence-corrected chi connectivity index (χ1v) is 12.2. The summed E-state index contributed by atoms with van der Waals surface area (Å²) in [5, 5.41) is 26.7. The van der Waals surface area contributed by atoms with Gasteiger partial charge in [0, 0.05) is 25.2 Å². The van der Waals surface area contributed by atoms with E-state index in [2.05, 4.69) is 4.98 Å². The normalized spacial score (nSPS) is 10.6. The number of hydrogen-bond donors (Lipinski definition) is 4. The minimum Gasteiger partial charge on any atom is -0.504 e. The van der Waals surface area contributed by atoms with Gasteiger partial charge in [-0.1, -0.05) is 17.7 Å². The molecular formula is C28H21ClF2N4O7. The molecule has 1 aromatic heterocycles.